The summed E-state index contributed by atoms with van der Waals surface area (Å²) in [5, 5.41) is 0. The summed E-state index contributed by atoms with van der Waals surface area (Å²) < 4.78 is 58.5. The molecule has 3 rings (SSSR count). The van der Waals surface area contributed by atoms with Gasteiger partial charge in [-0.25, -0.2) is 28.6 Å². The number of hydrogen-bond donors (Lipinski definition) is 5. The largest absolute Gasteiger partial charge is 0.490 e. The normalized spacial score (nSPS) is 26.0. The Balaban J connectivity index is 1.67. The van der Waals surface area contributed by atoms with Crippen LogP contribution in [0.25, 0.3) is 11.2 Å². The second-order valence-electron chi connectivity index (χ2n) is 6.11. The molecule has 1 aliphatic rings. The van der Waals surface area contributed by atoms with E-state index in [-0.39, 0.29) is 12.2 Å². The fourth-order valence-electron chi connectivity index (χ4n) is 2.82. The number of hydrogen-bond acceptors (Lipinski definition) is 12. The number of nitrogens with zero attached hydrogens (tertiary/aromatic N) is 4. The number of phosphoric acid groups is 3. The van der Waals surface area contributed by atoms with E-state index in [1.165, 1.54) is 19.8 Å². The number of rotatable bonds is 9. The Morgan fingerprint density at radius 1 is 1.16 bits per heavy atom. The zero-order valence-corrected chi connectivity index (χ0v) is 18.2. The first kappa shape index (κ1) is 24.3. The van der Waals surface area contributed by atoms with Crippen LogP contribution in [0, 0.1) is 0 Å². The molecule has 20 heteroatoms. The average Bonchev–Trinajstić information content (AvgIpc) is 3.21. The van der Waals surface area contributed by atoms with E-state index in [0.29, 0.717) is 11.2 Å². The van der Waals surface area contributed by atoms with Crippen molar-refractivity contribution in [3.05, 3.63) is 12.7 Å². The van der Waals surface area contributed by atoms with Gasteiger partial charge in [0.25, 0.3) is 0 Å². The van der Waals surface area contributed by atoms with Crippen LogP contribution in [0.3, 0.4) is 0 Å². The van der Waals surface area contributed by atoms with Gasteiger partial charge in [0.1, 0.15) is 24.2 Å². The van der Waals surface area contributed by atoms with Crippen molar-refractivity contribution in [2.45, 2.75) is 24.9 Å². The van der Waals surface area contributed by atoms with Gasteiger partial charge >= 0.3 is 23.5 Å². The molecule has 31 heavy (non-hydrogen) atoms. The predicted octanol–water partition coefficient (Wildman–Crippen LogP) is 0.0543. The van der Waals surface area contributed by atoms with Crippen LogP contribution >= 0.6 is 23.5 Å². The summed E-state index contributed by atoms with van der Waals surface area (Å²) in [7, 11) is -15.0. The lowest BCUT2D eigenvalue weighted by Gasteiger charge is -2.20. The smallest absolute Gasteiger partial charge is 0.382 e. The van der Waals surface area contributed by atoms with Gasteiger partial charge in [0.05, 0.1) is 19.0 Å². The molecule has 0 spiro atoms. The third-order valence-corrected chi connectivity index (χ3v) is 7.80. The predicted molar refractivity (Wildman–Crippen MR) is 98.9 cm³/mol. The zero-order chi connectivity index (χ0) is 23.0. The Kier molecular flexibility index (Phi) is 6.99. The molecule has 174 valence electrons. The highest BCUT2D eigenvalue weighted by Crippen LogP contribution is 2.66. The van der Waals surface area contributed by atoms with Crippen LogP contribution < -0.4 is 5.73 Å². The van der Waals surface area contributed by atoms with Gasteiger partial charge in [0.2, 0.25) is 0 Å². The van der Waals surface area contributed by atoms with E-state index in [1.54, 1.807) is 4.57 Å². The molecular formula is C11H18N5O12P3. The molecule has 0 bridgehead atoms. The number of methoxy groups -OCH3 is 1. The molecule has 6 N–H and O–H groups in total. The molecule has 0 saturated carbocycles. The number of nitrogens with two attached hydrogens (primary N) is 1. The van der Waals surface area contributed by atoms with Gasteiger partial charge in [0.15, 0.2) is 11.5 Å². The third-order valence-electron chi connectivity index (χ3n) is 4.00. The first-order valence-corrected chi connectivity index (χ1v) is 12.7. The molecule has 1 saturated heterocycles. The molecule has 2 aromatic rings. The van der Waals surface area contributed by atoms with Crippen molar-refractivity contribution in [3.63, 3.8) is 0 Å². The highest BCUT2D eigenvalue weighted by molar-refractivity contribution is 7.66. The van der Waals surface area contributed by atoms with Crippen LogP contribution in [0.15, 0.2) is 12.7 Å². The minimum absolute atomic E-state index is 0.161. The number of ether oxygens (including phenoxy) is 2. The Hall–Kier alpha value is -1.32. The summed E-state index contributed by atoms with van der Waals surface area (Å²) >= 11 is 0. The molecule has 3 heterocycles. The lowest BCUT2D eigenvalue weighted by molar-refractivity contribution is -0.0502. The molecule has 2 unspecified atom stereocenters. The minimum atomic E-state index is -5.61. The minimum Gasteiger partial charge on any atom is -0.382 e. The second kappa shape index (κ2) is 8.90. The lowest BCUT2D eigenvalue weighted by Crippen LogP contribution is -2.27. The zero-order valence-electron chi connectivity index (χ0n) is 15.6. The standard InChI is InChI=1S/C11H18N5O12P3/c1-24-6-2-8(16-5-15-9-10(12)13-4-14-11(9)16)26-7(6)3-25-30(20,21)28-31(22,23)27-29(17,18)19/h4-8H,2-3H2,1H3,(H,20,21)(H,22,23)(H2,12,13,14)(H2,17,18,19)/t6-,7+,8+/m0/s1. The van der Waals surface area contributed by atoms with Gasteiger partial charge in [-0.05, 0) is 0 Å². The Morgan fingerprint density at radius 3 is 2.52 bits per heavy atom. The first-order chi connectivity index (χ1) is 14.3. The van der Waals surface area contributed by atoms with Crippen LogP contribution in [-0.4, -0.2) is 65.0 Å². The van der Waals surface area contributed by atoms with E-state index >= 15 is 0 Å². The van der Waals surface area contributed by atoms with Crippen LogP contribution in [0.5, 0.6) is 0 Å². The number of imidazole rings is 1. The molecule has 5 atom stereocenters. The Morgan fingerprint density at radius 2 is 1.87 bits per heavy atom. The van der Waals surface area contributed by atoms with Gasteiger partial charge in [-0.15, -0.1) is 0 Å². The van der Waals surface area contributed by atoms with Crippen molar-refractivity contribution in [2.75, 3.05) is 19.5 Å². The molecular weight excluding hydrogens is 487 g/mol. The maximum atomic E-state index is 11.9. The van der Waals surface area contributed by atoms with Crippen molar-refractivity contribution in [2.24, 2.45) is 0 Å². The van der Waals surface area contributed by atoms with Gasteiger partial charge in [0, 0.05) is 13.5 Å². The summed E-state index contributed by atoms with van der Waals surface area (Å²) in [6, 6.07) is 0. The van der Waals surface area contributed by atoms with Crippen molar-refractivity contribution in [1.29, 1.82) is 0 Å². The molecule has 0 aliphatic carbocycles. The molecule has 1 aliphatic heterocycles. The van der Waals surface area contributed by atoms with Crippen molar-refractivity contribution < 1.29 is 55.9 Å². The summed E-state index contributed by atoms with van der Waals surface area (Å²) in [4.78, 5) is 47.9. The average molecular weight is 505 g/mol. The second-order valence-corrected chi connectivity index (χ2v) is 10.5. The SMILES string of the molecule is CO[C@H]1C[C@H](n2cnc3c(N)ncnc32)O[C@@H]1COP(=O)(O)OP(=O)(O)OP(=O)(O)O. The summed E-state index contributed by atoms with van der Waals surface area (Å²) in [5.41, 5.74) is 6.47. The van der Waals surface area contributed by atoms with Gasteiger partial charge in [-0.1, -0.05) is 0 Å². The maximum absolute atomic E-state index is 11.9. The van der Waals surface area contributed by atoms with Gasteiger partial charge in [-0.2, -0.15) is 8.62 Å². The number of nitrogen functional groups attached to an aromatic ring is 1. The summed E-state index contributed by atoms with van der Waals surface area (Å²) in [6.45, 7) is -0.650. The lowest BCUT2D eigenvalue weighted by atomic mass is 10.2. The third kappa shape index (κ3) is 6.14. The summed E-state index contributed by atoms with van der Waals surface area (Å²) in [6.07, 6.45) is 0.628. The first-order valence-electron chi connectivity index (χ1n) is 8.20. The van der Waals surface area contributed by atoms with E-state index in [2.05, 4.69) is 28.1 Å². The van der Waals surface area contributed by atoms with Crippen LogP contribution in [-0.2, 0) is 36.3 Å². The Labute approximate surface area is 173 Å². The van der Waals surface area contributed by atoms with E-state index in [0.717, 1.165) is 0 Å². The highest BCUT2D eigenvalue weighted by Gasteiger charge is 2.43. The van der Waals surface area contributed by atoms with Crippen molar-refractivity contribution in [1.82, 2.24) is 19.5 Å². The van der Waals surface area contributed by atoms with Crippen molar-refractivity contribution >= 4 is 40.4 Å². The molecule has 0 amide bonds. The number of aromatic nitrogens is 4. The summed E-state index contributed by atoms with van der Waals surface area (Å²) in [5.74, 6) is 0.161. The van der Waals surface area contributed by atoms with E-state index in [4.69, 9.17) is 25.0 Å². The molecule has 0 radical (unpaired) electrons. The van der Waals surface area contributed by atoms with Crippen LogP contribution in [0.4, 0.5) is 5.82 Å². The Bertz CT molecular complexity index is 1090. The van der Waals surface area contributed by atoms with E-state index in [9.17, 15) is 23.5 Å². The van der Waals surface area contributed by atoms with Crippen molar-refractivity contribution in [3.8, 4) is 0 Å². The monoisotopic (exact) mass is 505 g/mol. The van der Waals surface area contributed by atoms with Gasteiger partial charge < -0.3 is 34.8 Å². The van der Waals surface area contributed by atoms with Gasteiger partial charge in [-0.3, -0.25) is 9.09 Å². The van der Waals surface area contributed by atoms with E-state index in [1.807, 2.05) is 0 Å². The van der Waals surface area contributed by atoms with Crippen LogP contribution in [0.1, 0.15) is 12.6 Å². The molecule has 17 nitrogen and oxygen atoms in total. The van der Waals surface area contributed by atoms with Crippen LogP contribution in [0.2, 0.25) is 0 Å². The topological polar surface area (TPSA) is 248 Å². The number of anilines is 1. The number of phosphoric ester groups is 1. The maximum Gasteiger partial charge on any atom is 0.490 e. The quantitative estimate of drug-likeness (QED) is 0.282. The fraction of sp³-hybridized carbons (Fsp3) is 0.545. The fourth-order valence-corrected chi connectivity index (χ4v) is 5.85. The van der Waals surface area contributed by atoms with E-state index < -0.39 is 48.5 Å². The molecule has 0 aromatic carbocycles. The molecule has 1 fully saturated rings. The molecule has 2 aromatic heterocycles. The highest BCUT2D eigenvalue weighted by atomic mass is 31.3. The number of fused-ring (bicyclic) bond motifs is 1.